The molecule has 42 heavy (non-hydrogen) atoms. The molecule has 1 amide bonds. The number of amides is 1. The molecule has 2 fully saturated rings. The molecule has 3 aromatic heterocycles. The van der Waals surface area contributed by atoms with E-state index in [4.69, 9.17) is 9.72 Å². The summed E-state index contributed by atoms with van der Waals surface area (Å²) in [5, 5.41) is 8.83. The van der Waals surface area contributed by atoms with Crippen LogP contribution < -0.4 is 14.4 Å². The molecular weight excluding hydrogens is 567 g/mol. The van der Waals surface area contributed by atoms with E-state index in [1.54, 1.807) is 29.1 Å². The molecule has 5 rings (SSSR count). The summed E-state index contributed by atoms with van der Waals surface area (Å²) < 4.78 is 51.6. The maximum absolute atomic E-state index is 13.6. The second-order valence-electron chi connectivity index (χ2n) is 12.9. The van der Waals surface area contributed by atoms with E-state index in [0.29, 0.717) is 23.7 Å². The molecule has 1 saturated heterocycles. The van der Waals surface area contributed by atoms with E-state index in [0.717, 1.165) is 22.7 Å². The Morgan fingerprint density at radius 3 is 2.40 bits per heavy atom. The number of aryl methyl sites for hydroxylation is 2. The average Bonchev–Trinajstić information content (AvgIpc) is 3.39. The molecule has 0 aromatic carbocycles. The van der Waals surface area contributed by atoms with Crippen molar-refractivity contribution < 1.29 is 22.7 Å². The third-order valence-electron chi connectivity index (χ3n) is 8.36. The predicted octanol–water partition coefficient (Wildman–Crippen LogP) is 6.18. The minimum Gasteiger partial charge on any atom is -0.477 e. The van der Waals surface area contributed by atoms with Crippen molar-refractivity contribution >= 4 is 23.7 Å². The first-order valence-corrected chi connectivity index (χ1v) is 14.9. The molecule has 1 aliphatic heterocycles. The van der Waals surface area contributed by atoms with Gasteiger partial charge in [0.2, 0.25) is 5.88 Å². The van der Waals surface area contributed by atoms with Crippen LogP contribution in [0.4, 0.5) is 19.0 Å². The number of halogens is 3. The SMILES string of the molecule is Cc1nn(C)c(C)c1SNC(=O)c1ccc(-n2ccc(OCCC3(C(F)(F)F)CC3)n2)nc1N1CC(C)(C)CC1(C)C. The largest absolute Gasteiger partial charge is 0.477 e. The maximum Gasteiger partial charge on any atom is 0.394 e. The van der Waals surface area contributed by atoms with Gasteiger partial charge in [0.05, 0.1) is 33.9 Å². The lowest BCUT2D eigenvalue weighted by molar-refractivity contribution is -0.190. The Morgan fingerprint density at radius 2 is 1.83 bits per heavy atom. The molecule has 0 atom stereocenters. The smallest absolute Gasteiger partial charge is 0.394 e. The summed E-state index contributed by atoms with van der Waals surface area (Å²) in [4.78, 5) is 21.6. The van der Waals surface area contributed by atoms with Gasteiger partial charge in [-0.2, -0.15) is 18.3 Å². The van der Waals surface area contributed by atoms with Crippen LogP contribution in [0, 0.1) is 24.7 Å². The van der Waals surface area contributed by atoms with Crippen molar-refractivity contribution in [3.63, 3.8) is 0 Å². The minimum absolute atomic E-state index is 0.00958. The number of nitrogens with one attached hydrogen (secondary N) is 1. The first-order chi connectivity index (χ1) is 19.5. The summed E-state index contributed by atoms with van der Waals surface area (Å²) in [5.74, 6) is 0.955. The number of carbonyl (C=O) groups excluding carboxylic acids is 1. The highest BCUT2D eigenvalue weighted by molar-refractivity contribution is 7.98. The zero-order chi connectivity index (χ0) is 30.7. The van der Waals surface area contributed by atoms with E-state index in [-0.39, 0.29) is 48.6 Å². The second kappa shape index (κ2) is 10.5. The number of rotatable bonds is 9. The fourth-order valence-corrected chi connectivity index (χ4v) is 6.79. The number of nitrogens with zero attached hydrogens (tertiary/aromatic N) is 6. The molecule has 1 saturated carbocycles. The summed E-state index contributed by atoms with van der Waals surface area (Å²) in [6.45, 7) is 13.2. The zero-order valence-electron chi connectivity index (χ0n) is 25.1. The van der Waals surface area contributed by atoms with E-state index >= 15 is 0 Å². The fourth-order valence-electron chi connectivity index (χ4n) is 6.02. The molecule has 3 aromatic rings. The van der Waals surface area contributed by atoms with Crippen molar-refractivity contribution in [3.05, 3.63) is 41.3 Å². The molecule has 0 bridgehead atoms. The van der Waals surface area contributed by atoms with Crippen molar-refractivity contribution in [3.8, 4) is 11.7 Å². The number of alkyl halides is 3. The first-order valence-electron chi connectivity index (χ1n) is 14.0. The van der Waals surface area contributed by atoms with E-state index in [1.807, 2.05) is 20.9 Å². The number of ether oxygens (including phenoxy) is 1. The van der Waals surface area contributed by atoms with Crippen LogP contribution in [0.1, 0.15) is 75.1 Å². The van der Waals surface area contributed by atoms with Gasteiger partial charge in [-0.15, -0.1) is 5.10 Å². The van der Waals surface area contributed by atoms with Gasteiger partial charge < -0.3 is 9.64 Å². The van der Waals surface area contributed by atoms with Crippen LogP contribution in [0.2, 0.25) is 0 Å². The Balaban J connectivity index is 1.39. The van der Waals surface area contributed by atoms with Crippen LogP contribution in [-0.2, 0) is 7.05 Å². The highest BCUT2D eigenvalue weighted by Crippen LogP contribution is 2.59. The highest BCUT2D eigenvalue weighted by Gasteiger charge is 2.62. The summed E-state index contributed by atoms with van der Waals surface area (Å²) in [6.07, 6.45) is -1.45. The van der Waals surface area contributed by atoms with Crippen LogP contribution in [0.5, 0.6) is 5.88 Å². The number of carbonyl (C=O) groups is 1. The lowest BCUT2D eigenvalue weighted by atomic mass is 9.86. The summed E-state index contributed by atoms with van der Waals surface area (Å²) in [7, 11) is 1.87. The number of hydrogen-bond donors (Lipinski definition) is 1. The molecule has 0 spiro atoms. The Hall–Kier alpha value is -3.22. The molecule has 228 valence electrons. The number of anilines is 1. The summed E-state index contributed by atoms with van der Waals surface area (Å²) in [6, 6.07) is 5.05. The van der Waals surface area contributed by atoms with Crippen LogP contribution in [0.15, 0.2) is 29.3 Å². The normalized spacial score (nSPS) is 18.8. The fraction of sp³-hybridized carbons (Fsp3) is 0.586. The molecular formula is C29H38F3N7O2S. The lowest BCUT2D eigenvalue weighted by Gasteiger charge is -2.33. The number of aromatic nitrogens is 5. The molecule has 4 heterocycles. The predicted molar refractivity (Wildman–Crippen MR) is 155 cm³/mol. The minimum atomic E-state index is -4.21. The maximum atomic E-state index is 13.6. The first kappa shape index (κ1) is 30.2. The van der Waals surface area contributed by atoms with E-state index in [2.05, 4.69) is 47.5 Å². The van der Waals surface area contributed by atoms with Gasteiger partial charge in [-0.25, -0.2) is 9.67 Å². The molecule has 9 nitrogen and oxygen atoms in total. The molecule has 2 aliphatic rings. The second-order valence-corrected chi connectivity index (χ2v) is 13.7. The van der Waals surface area contributed by atoms with E-state index in [1.165, 1.54) is 16.6 Å². The Kier molecular flexibility index (Phi) is 7.56. The molecule has 1 N–H and O–H groups in total. The third-order valence-corrected chi connectivity index (χ3v) is 9.44. The summed E-state index contributed by atoms with van der Waals surface area (Å²) in [5.41, 5.74) is 0.349. The number of pyridine rings is 1. The molecule has 0 radical (unpaired) electrons. The van der Waals surface area contributed by atoms with Crippen LogP contribution in [-0.4, -0.2) is 55.3 Å². The molecule has 0 unspecified atom stereocenters. The van der Waals surface area contributed by atoms with Gasteiger partial charge in [0.15, 0.2) is 5.82 Å². The third kappa shape index (κ3) is 5.84. The molecule has 1 aliphatic carbocycles. The monoisotopic (exact) mass is 605 g/mol. The standard InChI is InChI=1S/C29H38F3N7O2S/c1-18-23(19(2)37(7)34-18)42-36-25(40)20-8-9-21(33-24(20)38-17-26(3,4)16-27(38,5)6)39-14-10-22(35-39)41-15-13-28(11-12-28)29(30,31)32/h8-10,14H,11-13,15-17H2,1-7H3,(H,36,40). The quantitative estimate of drug-likeness (QED) is 0.291. The van der Waals surface area contributed by atoms with Crippen LogP contribution in [0.3, 0.4) is 0 Å². The van der Waals surface area contributed by atoms with Gasteiger partial charge in [0.25, 0.3) is 5.91 Å². The van der Waals surface area contributed by atoms with Gasteiger partial charge in [-0.3, -0.25) is 14.2 Å². The van der Waals surface area contributed by atoms with Crippen LogP contribution in [0.25, 0.3) is 5.82 Å². The van der Waals surface area contributed by atoms with Gasteiger partial charge >= 0.3 is 6.18 Å². The highest BCUT2D eigenvalue weighted by atomic mass is 32.2. The topological polar surface area (TPSA) is 90.1 Å². The Morgan fingerprint density at radius 1 is 1.12 bits per heavy atom. The summed E-state index contributed by atoms with van der Waals surface area (Å²) >= 11 is 1.23. The van der Waals surface area contributed by atoms with Crippen molar-refractivity contribution in [2.75, 3.05) is 18.1 Å². The van der Waals surface area contributed by atoms with E-state index < -0.39 is 11.6 Å². The van der Waals surface area contributed by atoms with Crippen LogP contribution >= 0.6 is 11.9 Å². The van der Waals surface area contributed by atoms with Crippen molar-refractivity contribution in [1.82, 2.24) is 29.3 Å². The van der Waals surface area contributed by atoms with Gasteiger partial charge in [0, 0.05) is 31.4 Å². The molecule has 13 heteroatoms. The van der Waals surface area contributed by atoms with E-state index in [9.17, 15) is 18.0 Å². The van der Waals surface area contributed by atoms with Crippen molar-refractivity contribution in [2.45, 2.75) is 83.8 Å². The Labute approximate surface area is 248 Å². The number of hydrogen-bond acceptors (Lipinski definition) is 7. The van der Waals surface area contributed by atoms with Gasteiger partial charge in [-0.1, -0.05) is 13.8 Å². The zero-order valence-corrected chi connectivity index (χ0v) is 25.9. The van der Waals surface area contributed by atoms with Crippen molar-refractivity contribution in [1.29, 1.82) is 0 Å². The van der Waals surface area contributed by atoms with Gasteiger partial charge in [-0.05, 0) is 82.9 Å². The van der Waals surface area contributed by atoms with Gasteiger partial charge in [0.1, 0.15) is 5.82 Å². The Bertz CT molecular complexity index is 1490. The van der Waals surface area contributed by atoms with Crippen molar-refractivity contribution in [2.24, 2.45) is 17.9 Å². The average molecular weight is 606 g/mol. The lowest BCUT2D eigenvalue weighted by Crippen LogP contribution is -2.40.